The second-order valence-electron chi connectivity index (χ2n) is 7.92. The molecule has 10 nitrogen and oxygen atoms in total. The van der Waals surface area contributed by atoms with Crippen LogP contribution in [0.5, 0.6) is 11.5 Å². The molecule has 2 fully saturated rings. The highest BCUT2D eigenvalue weighted by atomic mass is 16.7. The zero-order valence-electron chi connectivity index (χ0n) is 17.2. The number of aliphatic hydroxyl groups excluding tert-OH is 1. The van der Waals surface area contributed by atoms with Crippen molar-refractivity contribution in [2.75, 3.05) is 20.2 Å². The van der Waals surface area contributed by atoms with Crippen molar-refractivity contribution in [2.24, 2.45) is 0 Å². The van der Waals surface area contributed by atoms with E-state index < -0.39 is 42.1 Å². The molecule has 2 bridgehead atoms. The molecule has 0 radical (unpaired) electrons. The fourth-order valence-corrected chi connectivity index (χ4v) is 4.25. The van der Waals surface area contributed by atoms with Gasteiger partial charge in [-0.15, -0.1) is 0 Å². The highest BCUT2D eigenvalue weighted by Crippen LogP contribution is 2.37. The molecule has 0 unspecified atom stereocenters. The molecule has 5 atom stereocenters. The number of ether oxygens (including phenoxy) is 4. The zero-order valence-corrected chi connectivity index (χ0v) is 17.2. The Morgan fingerprint density at radius 3 is 2.74 bits per heavy atom. The first-order valence-corrected chi connectivity index (χ1v) is 9.99. The first-order valence-electron chi connectivity index (χ1n) is 9.99. The lowest BCUT2D eigenvalue weighted by Crippen LogP contribution is -2.73. The van der Waals surface area contributed by atoms with Crippen LogP contribution in [0.25, 0.3) is 6.08 Å². The van der Waals surface area contributed by atoms with Crippen LogP contribution in [0.2, 0.25) is 0 Å². The SMILES string of the molecule is COc1cc2c(cc1O)CCC(C(=O)O[C@@H]1[C@H](OC(C)=O)[C@@H](O)[C@@H]3CNC[C@@]1(O)O3)=C2. The Bertz CT molecular complexity index is 930. The minimum atomic E-state index is -1.96. The van der Waals surface area contributed by atoms with Crippen LogP contribution in [-0.4, -0.2) is 77.7 Å². The van der Waals surface area contributed by atoms with Crippen LogP contribution in [0.4, 0.5) is 0 Å². The van der Waals surface area contributed by atoms with Crippen molar-refractivity contribution >= 4 is 18.0 Å². The number of β-amino-alcohol motifs (C(OH)–C–C–N with tert-alkyl or cyclic N) is 1. The number of fused-ring (bicyclic) bond motifs is 3. The molecule has 10 heteroatoms. The Morgan fingerprint density at radius 2 is 2.03 bits per heavy atom. The van der Waals surface area contributed by atoms with Crippen LogP contribution in [0, 0.1) is 0 Å². The van der Waals surface area contributed by atoms with Crippen molar-refractivity contribution in [3.8, 4) is 11.5 Å². The number of hydrogen-bond donors (Lipinski definition) is 4. The first-order chi connectivity index (χ1) is 14.7. The van der Waals surface area contributed by atoms with Crippen molar-refractivity contribution in [3.05, 3.63) is 28.8 Å². The molecule has 1 aliphatic carbocycles. The third-order valence-corrected chi connectivity index (χ3v) is 5.77. The molecule has 0 aromatic heterocycles. The number of phenolic OH excluding ortho intramolecular Hbond substituents is 1. The number of morpholine rings is 1. The summed E-state index contributed by atoms with van der Waals surface area (Å²) in [4.78, 5) is 24.5. The summed E-state index contributed by atoms with van der Waals surface area (Å²) in [5.74, 6) is -3.08. The lowest BCUT2D eigenvalue weighted by Gasteiger charge is -2.51. The summed E-state index contributed by atoms with van der Waals surface area (Å²) < 4.78 is 21.4. The fraction of sp³-hybridized carbons (Fsp3) is 0.524. The Morgan fingerprint density at radius 1 is 1.26 bits per heavy atom. The average Bonchev–Trinajstić information content (AvgIpc) is 2.73. The summed E-state index contributed by atoms with van der Waals surface area (Å²) in [6, 6.07) is 3.21. The number of methoxy groups -OCH3 is 1. The van der Waals surface area contributed by atoms with Gasteiger partial charge in [0.25, 0.3) is 0 Å². The van der Waals surface area contributed by atoms with Gasteiger partial charge in [0, 0.05) is 19.0 Å². The molecule has 3 aliphatic rings. The number of hydrogen-bond acceptors (Lipinski definition) is 10. The minimum Gasteiger partial charge on any atom is -0.504 e. The first kappa shape index (κ1) is 21.6. The van der Waals surface area contributed by atoms with E-state index in [0.29, 0.717) is 24.0 Å². The minimum absolute atomic E-state index is 0.0137. The van der Waals surface area contributed by atoms with Gasteiger partial charge in [-0.2, -0.15) is 0 Å². The Balaban J connectivity index is 1.60. The van der Waals surface area contributed by atoms with Crippen LogP contribution in [-0.2, 0) is 30.2 Å². The van der Waals surface area contributed by atoms with Gasteiger partial charge < -0.3 is 39.6 Å². The van der Waals surface area contributed by atoms with Gasteiger partial charge in [0.1, 0.15) is 12.2 Å². The van der Waals surface area contributed by atoms with Crippen molar-refractivity contribution in [3.63, 3.8) is 0 Å². The van der Waals surface area contributed by atoms with Crippen molar-refractivity contribution < 1.29 is 43.9 Å². The fourth-order valence-electron chi connectivity index (χ4n) is 4.25. The van der Waals surface area contributed by atoms with Gasteiger partial charge in [0.15, 0.2) is 23.7 Å². The number of carbonyl (C=O) groups excluding carboxylic acids is 2. The van der Waals surface area contributed by atoms with Gasteiger partial charge in [-0.05, 0) is 42.2 Å². The van der Waals surface area contributed by atoms with Gasteiger partial charge in [-0.3, -0.25) is 4.79 Å². The quantitative estimate of drug-likeness (QED) is 0.462. The van der Waals surface area contributed by atoms with Gasteiger partial charge in [0.2, 0.25) is 5.79 Å². The molecule has 0 spiro atoms. The predicted octanol–water partition coefficient (Wildman–Crippen LogP) is -0.375. The standard InChI is InChI=1S/C21H25NO9/c1-10(23)29-18-17(25)16-8-22-9-21(27,31-16)19(18)30-20(26)12-4-3-11-6-14(24)15(28-2)7-13(11)5-12/h5-7,16-19,22,24-25,27H,3-4,8-9H2,1-2H3/t16-,17-,18+,19+,21+/m0/s1. The van der Waals surface area contributed by atoms with E-state index in [4.69, 9.17) is 18.9 Å². The van der Waals surface area contributed by atoms with Crippen molar-refractivity contribution in [2.45, 2.75) is 50.0 Å². The maximum absolute atomic E-state index is 13.0. The molecular formula is C21H25NO9. The van der Waals surface area contributed by atoms with Crippen LogP contribution in [0.1, 0.15) is 24.5 Å². The second kappa shape index (κ2) is 8.12. The molecule has 168 valence electrons. The third-order valence-electron chi connectivity index (χ3n) is 5.77. The maximum atomic E-state index is 13.0. The van der Waals surface area contributed by atoms with Gasteiger partial charge in [0.05, 0.1) is 13.7 Å². The molecular weight excluding hydrogens is 410 g/mol. The molecule has 2 heterocycles. The second-order valence-corrected chi connectivity index (χ2v) is 7.92. The molecule has 4 N–H and O–H groups in total. The highest BCUT2D eigenvalue weighted by Gasteiger charge is 2.59. The summed E-state index contributed by atoms with van der Waals surface area (Å²) in [6.45, 7) is 1.35. The van der Waals surface area contributed by atoms with E-state index in [9.17, 15) is 24.9 Å². The number of aryl methyl sites for hydroxylation is 1. The Hall–Kier alpha value is -2.66. The van der Waals surface area contributed by atoms with Gasteiger partial charge in [-0.25, -0.2) is 4.79 Å². The largest absolute Gasteiger partial charge is 0.504 e. The lowest BCUT2D eigenvalue weighted by atomic mass is 9.89. The van der Waals surface area contributed by atoms with Gasteiger partial charge >= 0.3 is 11.9 Å². The van der Waals surface area contributed by atoms with E-state index in [1.807, 2.05) is 0 Å². The van der Waals surface area contributed by atoms with E-state index in [0.717, 1.165) is 5.56 Å². The smallest absolute Gasteiger partial charge is 0.334 e. The number of rotatable bonds is 4. The molecule has 2 aliphatic heterocycles. The van der Waals surface area contributed by atoms with Crippen LogP contribution in [0.15, 0.2) is 17.7 Å². The Kier molecular flexibility index (Phi) is 5.65. The summed E-state index contributed by atoms with van der Waals surface area (Å²) >= 11 is 0. The highest BCUT2D eigenvalue weighted by molar-refractivity contribution is 5.95. The molecule has 4 rings (SSSR count). The molecule has 0 amide bonds. The number of phenols is 1. The summed E-state index contributed by atoms with van der Waals surface area (Å²) in [5.41, 5.74) is 1.87. The van der Waals surface area contributed by atoms with Crippen molar-refractivity contribution in [1.29, 1.82) is 0 Å². The lowest BCUT2D eigenvalue weighted by molar-refractivity contribution is -0.355. The summed E-state index contributed by atoms with van der Waals surface area (Å²) in [5, 5.41) is 34.4. The number of carbonyl (C=O) groups is 2. The third kappa shape index (κ3) is 3.99. The number of aromatic hydroxyl groups is 1. The van der Waals surface area contributed by atoms with Crippen molar-refractivity contribution in [1.82, 2.24) is 5.32 Å². The Labute approximate surface area is 178 Å². The van der Waals surface area contributed by atoms with E-state index in [2.05, 4.69) is 5.32 Å². The van der Waals surface area contributed by atoms with E-state index in [1.165, 1.54) is 14.0 Å². The summed E-state index contributed by atoms with van der Waals surface area (Å²) in [7, 11) is 1.43. The van der Waals surface area contributed by atoms with Crippen LogP contribution in [0.3, 0.4) is 0 Å². The normalized spacial score (nSPS) is 31.8. The van der Waals surface area contributed by atoms with Crippen LogP contribution >= 0.6 is 0 Å². The number of nitrogens with one attached hydrogen (secondary N) is 1. The topological polar surface area (TPSA) is 144 Å². The zero-order chi connectivity index (χ0) is 22.3. The van der Waals surface area contributed by atoms with Gasteiger partial charge in [-0.1, -0.05) is 0 Å². The molecule has 31 heavy (non-hydrogen) atoms. The maximum Gasteiger partial charge on any atom is 0.334 e. The monoisotopic (exact) mass is 435 g/mol. The molecule has 2 saturated heterocycles. The van der Waals surface area contributed by atoms with E-state index in [-0.39, 0.29) is 24.6 Å². The average molecular weight is 435 g/mol. The molecule has 1 aromatic carbocycles. The van der Waals surface area contributed by atoms with E-state index >= 15 is 0 Å². The summed E-state index contributed by atoms with van der Waals surface area (Å²) in [6.07, 6.45) is -2.37. The number of esters is 2. The van der Waals surface area contributed by atoms with Crippen LogP contribution < -0.4 is 10.1 Å². The predicted molar refractivity (Wildman–Crippen MR) is 105 cm³/mol. The molecule has 0 saturated carbocycles. The van der Waals surface area contributed by atoms with E-state index in [1.54, 1.807) is 18.2 Å². The number of aliphatic hydroxyl groups is 2. The number of benzene rings is 1. The molecule has 1 aromatic rings.